The van der Waals surface area contributed by atoms with E-state index in [0.717, 1.165) is 43.3 Å². The van der Waals surface area contributed by atoms with E-state index in [4.69, 9.17) is 0 Å². The first-order chi connectivity index (χ1) is 10.2. The zero-order chi connectivity index (χ0) is 16.8. The molecule has 0 spiro atoms. The average Bonchev–Trinajstić information content (AvgIpc) is 2.88. The van der Waals surface area contributed by atoms with Crippen LogP contribution in [0.25, 0.3) is 0 Å². The van der Waals surface area contributed by atoms with Gasteiger partial charge in [-0.25, -0.2) is 0 Å². The molecule has 0 aliphatic heterocycles. The van der Waals surface area contributed by atoms with Crippen LogP contribution in [0.15, 0.2) is 11.1 Å². The van der Waals surface area contributed by atoms with E-state index in [1.807, 2.05) is 0 Å². The van der Waals surface area contributed by atoms with Crippen LogP contribution < -0.4 is 0 Å². The first-order valence-electron chi connectivity index (χ1n) is 8.60. The molecule has 1 unspecified atom stereocenters. The van der Waals surface area contributed by atoms with Crippen LogP contribution in [-0.2, 0) is 0 Å². The van der Waals surface area contributed by atoms with Gasteiger partial charge in [-0.3, -0.25) is 0 Å². The summed E-state index contributed by atoms with van der Waals surface area (Å²) in [6.45, 7) is 13.6. The van der Waals surface area contributed by atoms with Crippen molar-refractivity contribution in [3.05, 3.63) is 11.1 Å². The van der Waals surface area contributed by atoms with Crippen LogP contribution in [0.3, 0.4) is 0 Å². The molecule has 22 heavy (non-hydrogen) atoms. The van der Waals surface area contributed by atoms with Gasteiger partial charge in [0.1, 0.15) is 6.10 Å². The lowest BCUT2D eigenvalue weighted by atomic mass is 10.0. The van der Waals surface area contributed by atoms with E-state index in [1.165, 1.54) is 6.42 Å². The molecule has 0 aromatic heterocycles. The largest absolute Gasteiger partial charge is 0.376 e. The molecule has 1 aliphatic carbocycles. The molecule has 1 atom stereocenters. The van der Waals surface area contributed by atoms with Crippen molar-refractivity contribution in [3.63, 3.8) is 0 Å². The Morgan fingerprint density at radius 1 is 1.23 bits per heavy atom. The summed E-state index contributed by atoms with van der Waals surface area (Å²) in [6, 6.07) is 0. The number of aliphatic hydroxyl groups excluding tert-OH is 1. The molecule has 0 fully saturated rings. The van der Waals surface area contributed by atoms with Crippen molar-refractivity contribution in [2.45, 2.75) is 90.1 Å². The van der Waals surface area contributed by atoms with Gasteiger partial charge in [0.15, 0.2) is 0 Å². The van der Waals surface area contributed by atoms with Crippen LogP contribution in [0.4, 0.5) is 0 Å². The maximum atomic E-state index is 10.5. The zero-order valence-electron chi connectivity index (χ0n) is 15.3. The summed E-state index contributed by atoms with van der Waals surface area (Å²) < 4.78 is 0. The first-order valence-corrected chi connectivity index (χ1v) is 12.1. The minimum atomic E-state index is -1.37. The van der Waals surface area contributed by atoms with Gasteiger partial charge in [0.05, 0.1) is 8.07 Å². The highest BCUT2D eigenvalue weighted by molar-refractivity contribution is 6.79. The summed E-state index contributed by atoms with van der Waals surface area (Å²) in [7, 11) is -1.37. The van der Waals surface area contributed by atoms with E-state index in [-0.39, 0.29) is 5.04 Å². The molecule has 0 bridgehead atoms. The predicted molar refractivity (Wildman–Crippen MR) is 99.3 cm³/mol. The maximum absolute atomic E-state index is 10.5. The molecule has 0 saturated carbocycles. The fourth-order valence-corrected chi connectivity index (χ4v) is 2.62. The molecule has 0 saturated heterocycles. The highest BCUT2D eigenvalue weighted by Gasteiger charge is 2.33. The number of unbranched alkanes of at least 4 members (excludes halogenated alkanes) is 2. The number of rotatable bonds is 4. The lowest BCUT2D eigenvalue weighted by molar-refractivity contribution is 0.264. The Kier molecular flexibility index (Phi) is 6.98. The predicted octanol–water partition coefficient (Wildman–Crippen LogP) is 5.14. The van der Waals surface area contributed by atoms with Crippen LogP contribution >= 0.6 is 0 Å². The summed E-state index contributed by atoms with van der Waals surface area (Å²) in [5.74, 6) is 13.0. The molecule has 1 aliphatic rings. The molecule has 2 heteroatoms. The quantitative estimate of drug-likeness (QED) is 0.432. The van der Waals surface area contributed by atoms with Crippen LogP contribution in [0.2, 0.25) is 24.7 Å². The SMILES string of the molecule is CCCCC#CC1=C(C(O)C#CC(C)(C)[Si](C)(C)C)CCC1. The number of hydrogen-bond donors (Lipinski definition) is 1. The molecule has 0 radical (unpaired) electrons. The van der Waals surface area contributed by atoms with Gasteiger partial charge in [0.25, 0.3) is 0 Å². The van der Waals surface area contributed by atoms with E-state index in [0.29, 0.717) is 0 Å². The Hall–Kier alpha value is -0.963. The van der Waals surface area contributed by atoms with Gasteiger partial charge < -0.3 is 5.11 Å². The summed E-state index contributed by atoms with van der Waals surface area (Å²) in [6.07, 6.45) is 5.71. The number of hydrogen-bond acceptors (Lipinski definition) is 1. The highest BCUT2D eigenvalue weighted by Crippen LogP contribution is 2.36. The van der Waals surface area contributed by atoms with Crippen LogP contribution in [-0.4, -0.2) is 19.3 Å². The van der Waals surface area contributed by atoms with Crippen LogP contribution in [0.1, 0.15) is 59.3 Å². The van der Waals surface area contributed by atoms with Crippen LogP contribution in [0, 0.1) is 23.7 Å². The van der Waals surface area contributed by atoms with Gasteiger partial charge in [0, 0.05) is 17.0 Å². The molecule has 1 N–H and O–H groups in total. The Balaban J connectivity index is 2.87. The fraction of sp³-hybridized carbons (Fsp3) is 0.700. The Bertz CT molecular complexity index is 526. The van der Waals surface area contributed by atoms with Gasteiger partial charge in [-0.1, -0.05) is 70.5 Å². The summed E-state index contributed by atoms with van der Waals surface area (Å²) in [5.41, 5.74) is 2.21. The van der Waals surface area contributed by atoms with Gasteiger partial charge >= 0.3 is 0 Å². The second-order valence-electron chi connectivity index (χ2n) is 7.81. The second kappa shape index (κ2) is 8.05. The smallest absolute Gasteiger partial charge is 0.137 e. The van der Waals surface area contributed by atoms with Crippen molar-refractivity contribution < 1.29 is 5.11 Å². The topological polar surface area (TPSA) is 20.2 Å². The van der Waals surface area contributed by atoms with E-state index >= 15 is 0 Å². The highest BCUT2D eigenvalue weighted by atomic mass is 28.3. The summed E-state index contributed by atoms with van der Waals surface area (Å²) >= 11 is 0. The van der Waals surface area contributed by atoms with Crippen molar-refractivity contribution in [1.29, 1.82) is 0 Å². The standard InChI is InChI=1S/C20H32OSi/c1-7-8-9-10-12-17-13-11-14-18(17)19(21)15-16-20(2,3)22(4,5)6/h19,21H,7-9,11,13-14H2,1-6H3. The third-order valence-corrected chi connectivity index (χ3v) is 8.76. The molecular formula is C20H32OSi. The van der Waals surface area contributed by atoms with E-state index in [9.17, 15) is 5.11 Å². The molecule has 0 aromatic rings. The number of aliphatic hydroxyl groups is 1. The van der Waals surface area contributed by atoms with Gasteiger partial charge in [0.2, 0.25) is 0 Å². The van der Waals surface area contributed by atoms with Crippen molar-refractivity contribution in [2.75, 3.05) is 0 Å². The fourth-order valence-electron chi connectivity index (χ4n) is 2.17. The molecule has 0 amide bonds. The molecule has 1 nitrogen and oxygen atoms in total. The third-order valence-electron chi connectivity index (χ3n) is 4.88. The molecular weight excluding hydrogens is 284 g/mol. The Morgan fingerprint density at radius 2 is 1.91 bits per heavy atom. The van der Waals surface area contributed by atoms with Crippen molar-refractivity contribution in [2.24, 2.45) is 0 Å². The minimum absolute atomic E-state index is 0.0140. The number of allylic oxidation sites excluding steroid dienone is 1. The normalized spacial score (nSPS) is 16.7. The molecule has 122 valence electrons. The van der Waals surface area contributed by atoms with E-state index in [2.05, 4.69) is 64.1 Å². The lowest BCUT2D eigenvalue weighted by Crippen LogP contribution is -2.34. The monoisotopic (exact) mass is 316 g/mol. The molecule has 1 rings (SSSR count). The third kappa shape index (κ3) is 5.35. The van der Waals surface area contributed by atoms with E-state index in [1.54, 1.807) is 0 Å². The Morgan fingerprint density at radius 3 is 2.50 bits per heavy atom. The first kappa shape index (κ1) is 19.1. The second-order valence-corrected chi connectivity index (χ2v) is 13.6. The van der Waals surface area contributed by atoms with Gasteiger partial charge in [-0.15, -0.1) is 0 Å². The van der Waals surface area contributed by atoms with Crippen molar-refractivity contribution in [1.82, 2.24) is 0 Å². The van der Waals surface area contributed by atoms with E-state index < -0.39 is 14.2 Å². The average molecular weight is 317 g/mol. The Labute approximate surface area is 138 Å². The van der Waals surface area contributed by atoms with Gasteiger partial charge in [-0.05, 0) is 31.3 Å². The van der Waals surface area contributed by atoms with Gasteiger partial charge in [-0.2, -0.15) is 0 Å². The summed E-state index contributed by atoms with van der Waals surface area (Å²) in [4.78, 5) is 0. The maximum Gasteiger partial charge on any atom is 0.137 e. The lowest BCUT2D eigenvalue weighted by Gasteiger charge is -2.32. The van der Waals surface area contributed by atoms with Crippen molar-refractivity contribution in [3.8, 4) is 23.7 Å². The molecule has 0 aromatic carbocycles. The molecule has 0 heterocycles. The summed E-state index contributed by atoms with van der Waals surface area (Å²) in [5, 5.41) is 10.5. The zero-order valence-corrected chi connectivity index (χ0v) is 16.3. The van der Waals surface area contributed by atoms with Crippen LogP contribution in [0.5, 0.6) is 0 Å². The minimum Gasteiger partial charge on any atom is -0.376 e. The van der Waals surface area contributed by atoms with Crippen molar-refractivity contribution >= 4 is 8.07 Å².